The molecule has 1 heterocycles. The first-order chi connectivity index (χ1) is 8.00. The molecule has 1 aromatic heterocycles. The van der Waals surface area contributed by atoms with Gasteiger partial charge in [-0.05, 0) is 32.5 Å². The lowest BCUT2D eigenvalue weighted by Gasteiger charge is -2.25. The maximum absolute atomic E-state index is 12.0. The fourth-order valence-electron chi connectivity index (χ4n) is 1.47. The van der Waals surface area contributed by atoms with Gasteiger partial charge in [0.1, 0.15) is 0 Å². The van der Waals surface area contributed by atoms with Crippen molar-refractivity contribution in [3.05, 3.63) is 22.4 Å². The summed E-state index contributed by atoms with van der Waals surface area (Å²) in [6, 6.07) is 3.61. The second-order valence-corrected chi connectivity index (χ2v) is 5.46. The van der Waals surface area contributed by atoms with Gasteiger partial charge in [0.25, 0.3) is 0 Å². The molecule has 1 aromatic rings. The molecule has 1 rings (SSSR count). The van der Waals surface area contributed by atoms with Crippen LogP contribution in [0.15, 0.2) is 17.5 Å². The highest BCUT2D eigenvalue weighted by molar-refractivity contribution is 7.09. The number of thiophene rings is 1. The quantitative estimate of drug-likeness (QED) is 0.824. The van der Waals surface area contributed by atoms with Gasteiger partial charge in [-0.15, -0.1) is 11.3 Å². The maximum Gasteiger partial charge on any atom is 0.239 e. The third kappa shape index (κ3) is 4.85. The van der Waals surface area contributed by atoms with Crippen molar-refractivity contribution in [2.45, 2.75) is 19.5 Å². The Kier molecular flexibility index (Phi) is 5.61. The minimum Gasteiger partial charge on any atom is -0.335 e. The first-order valence-electron chi connectivity index (χ1n) is 5.72. The van der Waals surface area contributed by atoms with E-state index in [-0.39, 0.29) is 5.91 Å². The van der Waals surface area contributed by atoms with Crippen molar-refractivity contribution in [3.63, 3.8) is 0 Å². The van der Waals surface area contributed by atoms with Crippen molar-refractivity contribution in [1.82, 2.24) is 9.80 Å². The number of rotatable bonds is 6. The Balaban J connectivity index is 2.61. The van der Waals surface area contributed by atoms with Crippen LogP contribution < -0.4 is 5.73 Å². The van der Waals surface area contributed by atoms with Crippen molar-refractivity contribution < 1.29 is 4.79 Å². The molecule has 4 nitrogen and oxygen atoms in total. The zero-order valence-electron chi connectivity index (χ0n) is 10.7. The van der Waals surface area contributed by atoms with Gasteiger partial charge in [0, 0.05) is 18.0 Å². The molecule has 0 fully saturated rings. The van der Waals surface area contributed by atoms with Crippen LogP contribution in [0.5, 0.6) is 0 Å². The largest absolute Gasteiger partial charge is 0.335 e. The Morgan fingerprint density at radius 1 is 1.47 bits per heavy atom. The van der Waals surface area contributed by atoms with E-state index in [1.165, 1.54) is 4.88 Å². The fourth-order valence-corrected chi connectivity index (χ4v) is 2.19. The molecule has 0 saturated heterocycles. The summed E-state index contributed by atoms with van der Waals surface area (Å²) in [5, 5.41) is 2.02. The average Bonchev–Trinajstić information content (AvgIpc) is 2.75. The van der Waals surface area contributed by atoms with Crippen LogP contribution in [0.25, 0.3) is 0 Å². The molecule has 2 N–H and O–H groups in total. The highest BCUT2D eigenvalue weighted by Crippen LogP contribution is 2.12. The molecule has 0 unspecified atom stereocenters. The zero-order valence-corrected chi connectivity index (χ0v) is 11.5. The van der Waals surface area contributed by atoms with Gasteiger partial charge in [0.2, 0.25) is 5.91 Å². The van der Waals surface area contributed by atoms with Gasteiger partial charge in [-0.1, -0.05) is 6.07 Å². The molecule has 17 heavy (non-hydrogen) atoms. The molecule has 0 aliphatic heterocycles. The Morgan fingerprint density at radius 3 is 2.65 bits per heavy atom. The lowest BCUT2D eigenvalue weighted by molar-refractivity contribution is -0.132. The lowest BCUT2D eigenvalue weighted by Crippen LogP contribution is -2.44. The van der Waals surface area contributed by atoms with Gasteiger partial charge in [0.15, 0.2) is 0 Å². The summed E-state index contributed by atoms with van der Waals surface area (Å²) in [6.07, 6.45) is 0. The summed E-state index contributed by atoms with van der Waals surface area (Å²) in [6.45, 7) is 3.96. The second-order valence-electron chi connectivity index (χ2n) is 4.43. The van der Waals surface area contributed by atoms with E-state index in [1.807, 2.05) is 36.5 Å². The molecule has 0 aromatic carbocycles. The van der Waals surface area contributed by atoms with Crippen LogP contribution in [0.1, 0.15) is 11.8 Å². The SMILES string of the molecule is C[C@H](N)C(=O)N(CCN(C)C)Cc1cccs1. The number of hydrogen-bond donors (Lipinski definition) is 1. The molecule has 0 aliphatic carbocycles. The van der Waals surface area contributed by atoms with Crippen LogP contribution in [0.3, 0.4) is 0 Å². The number of amides is 1. The summed E-state index contributed by atoms with van der Waals surface area (Å²) in [5.74, 6) is 0.0141. The third-order valence-electron chi connectivity index (χ3n) is 2.45. The first kappa shape index (κ1) is 14.2. The van der Waals surface area contributed by atoms with Gasteiger partial charge in [-0.3, -0.25) is 4.79 Å². The van der Waals surface area contributed by atoms with Crippen LogP contribution in [-0.4, -0.2) is 48.9 Å². The Morgan fingerprint density at radius 2 is 2.18 bits per heavy atom. The van der Waals surface area contributed by atoms with Crippen LogP contribution in [0, 0.1) is 0 Å². The molecule has 0 spiro atoms. The first-order valence-corrected chi connectivity index (χ1v) is 6.60. The topological polar surface area (TPSA) is 49.6 Å². The van der Waals surface area contributed by atoms with Crippen LogP contribution in [-0.2, 0) is 11.3 Å². The zero-order chi connectivity index (χ0) is 12.8. The molecule has 0 radical (unpaired) electrons. The highest BCUT2D eigenvalue weighted by atomic mass is 32.1. The average molecular weight is 255 g/mol. The maximum atomic E-state index is 12.0. The Labute approximate surface area is 107 Å². The van der Waals surface area contributed by atoms with Crippen LogP contribution in [0.4, 0.5) is 0 Å². The smallest absolute Gasteiger partial charge is 0.239 e. The number of likely N-dealkylation sites (N-methyl/N-ethyl adjacent to an activating group) is 1. The van der Waals surface area contributed by atoms with Crippen molar-refractivity contribution in [3.8, 4) is 0 Å². The normalized spacial score (nSPS) is 12.8. The van der Waals surface area contributed by atoms with E-state index in [0.717, 1.165) is 6.54 Å². The minimum atomic E-state index is -0.433. The van der Waals surface area contributed by atoms with E-state index in [1.54, 1.807) is 18.3 Å². The van der Waals surface area contributed by atoms with E-state index in [2.05, 4.69) is 4.90 Å². The monoisotopic (exact) mass is 255 g/mol. The molecule has 0 bridgehead atoms. The minimum absolute atomic E-state index is 0.0141. The van der Waals surface area contributed by atoms with E-state index in [0.29, 0.717) is 13.1 Å². The van der Waals surface area contributed by atoms with E-state index in [9.17, 15) is 4.79 Å². The fraction of sp³-hybridized carbons (Fsp3) is 0.583. The van der Waals surface area contributed by atoms with E-state index < -0.39 is 6.04 Å². The van der Waals surface area contributed by atoms with Crippen LogP contribution in [0.2, 0.25) is 0 Å². The molecular weight excluding hydrogens is 234 g/mol. The number of hydrogen-bond acceptors (Lipinski definition) is 4. The number of nitrogens with zero attached hydrogens (tertiary/aromatic N) is 2. The summed E-state index contributed by atoms with van der Waals surface area (Å²) < 4.78 is 0. The number of carbonyl (C=O) groups is 1. The van der Waals surface area contributed by atoms with Crippen LogP contribution >= 0.6 is 11.3 Å². The molecule has 1 amide bonds. The third-order valence-corrected chi connectivity index (χ3v) is 3.31. The lowest BCUT2D eigenvalue weighted by atomic mass is 10.3. The Bertz CT molecular complexity index is 336. The summed E-state index contributed by atoms with van der Waals surface area (Å²) in [4.78, 5) is 17.1. The molecule has 1 atom stereocenters. The predicted octanol–water partition coefficient (Wildman–Crippen LogP) is 0.986. The van der Waals surface area contributed by atoms with Gasteiger partial charge < -0.3 is 15.5 Å². The molecule has 0 aliphatic rings. The van der Waals surface area contributed by atoms with E-state index >= 15 is 0 Å². The predicted molar refractivity (Wildman–Crippen MR) is 71.9 cm³/mol. The number of nitrogens with two attached hydrogens (primary N) is 1. The van der Waals surface area contributed by atoms with Crippen molar-refractivity contribution in [1.29, 1.82) is 0 Å². The van der Waals surface area contributed by atoms with Crippen molar-refractivity contribution in [2.75, 3.05) is 27.2 Å². The van der Waals surface area contributed by atoms with Crippen molar-refractivity contribution in [2.24, 2.45) is 5.73 Å². The highest BCUT2D eigenvalue weighted by Gasteiger charge is 2.17. The summed E-state index contributed by atoms with van der Waals surface area (Å²) >= 11 is 1.67. The van der Waals surface area contributed by atoms with Gasteiger partial charge in [-0.25, -0.2) is 0 Å². The molecule has 96 valence electrons. The standard InChI is InChI=1S/C12H21N3OS/c1-10(13)12(16)15(7-6-14(2)3)9-11-5-4-8-17-11/h4-5,8,10H,6-7,9,13H2,1-3H3/t10-/m0/s1. The second kappa shape index (κ2) is 6.74. The van der Waals surface area contributed by atoms with Gasteiger partial charge in [-0.2, -0.15) is 0 Å². The molecule has 0 saturated carbocycles. The summed E-state index contributed by atoms with van der Waals surface area (Å²) in [5.41, 5.74) is 5.67. The number of carbonyl (C=O) groups excluding carboxylic acids is 1. The van der Waals surface area contributed by atoms with Gasteiger partial charge >= 0.3 is 0 Å². The van der Waals surface area contributed by atoms with Crippen molar-refractivity contribution >= 4 is 17.2 Å². The van der Waals surface area contributed by atoms with E-state index in [4.69, 9.17) is 5.73 Å². The Hall–Kier alpha value is -0.910. The molecule has 5 heteroatoms. The van der Waals surface area contributed by atoms with Gasteiger partial charge in [0.05, 0.1) is 12.6 Å². The molecular formula is C12H21N3OS. The summed E-state index contributed by atoms with van der Waals surface area (Å²) in [7, 11) is 4.00.